The average Bonchev–Trinajstić information content (AvgIpc) is 3.76. The summed E-state index contributed by atoms with van der Waals surface area (Å²) in [6.45, 7) is 6.67. The molecule has 1 aliphatic carbocycles. The SMILES string of the molecule is N#C[C@@H](Cc1ccc(-c2ccc(CN3CCN(C4CC4)CC3)cc2)cc1)NC(=O)C1(N)CCOCC1. The standard InChI is InChI=1S/C29H37N5O2/c30-20-26(32-28(35)29(31)11-17-36-18-12-29)19-22-1-5-24(6-2-22)25-7-3-23(4-8-25)21-33-13-15-34(16-14-33)27-9-10-27/h1-8,26-27H,9-19,21,31H2,(H,32,35)/t26-/m1/s1. The van der Waals surface area contributed by atoms with E-state index in [0.29, 0.717) is 32.5 Å². The van der Waals surface area contributed by atoms with E-state index in [4.69, 9.17) is 10.5 Å². The highest BCUT2D eigenvalue weighted by atomic mass is 16.5. The number of hydrogen-bond acceptors (Lipinski definition) is 6. The van der Waals surface area contributed by atoms with Crippen molar-refractivity contribution in [1.82, 2.24) is 15.1 Å². The smallest absolute Gasteiger partial charge is 0.241 e. The number of nitrogens with two attached hydrogens (primary N) is 1. The summed E-state index contributed by atoms with van der Waals surface area (Å²) < 4.78 is 5.31. The number of nitriles is 1. The number of hydrogen-bond donors (Lipinski definition) is 2. The number of ether oxygens (including phenoxy) is 1. The van der Waals surface area contributed by atoms with Crippen molar-refractivity contribution in [3.05, 3.63) is 59.7 Å². The molecule has 3 N–H and O–H groups in total. The summed E-state index contributed by atoms with van der Waals surface area (Å²) in [5.74, 6) is -0.265. The summed E-state index contributed by atoms with van der Waals surface area (Å²) in [4.78, 5) is 17.9. The molecule has 0 aromatic heterocycles. The third-order valence-electron chi connectivity index (χ3n) is 7.86. The van der Waals surface area contributed by atoms with Gasteiger partial charge in [0, 0.05) is 58.4 Å². The third-order valence-corrected chi connectivity index (χ3v) is 7.86. The number of rotatable bonds is 8. The summed E-state index contributed by atoms with van der Waals surface area (Å²) in [6, 6.07) is 19.6. The zero-order valence-corrected chi connectivity index (χ0v) is 21.0. The van der Waals surface area contributed by atoms with Crippen LogP contribution in [0.5, 0.6) is 0 Å². The minimum absolute atomic E-state index is 0.265. The molecular weight excluding hydrogens is 450 g/mol. The second-order valence-electron chi connectivity index (χ2n) is 10.6. The molecule has 1 saturated carbocycles. The van der Waals surface area contributed by atoms with Gasteiger partial charge in [0.05, 0.1) is 11.6 Å². The van der Waals surface area contributed by atoms with Gasteiger partial charge in [-0.3, -0.25) is 14.6 Å². The molecule has 2 aromatic rings. The van der Waals surface area contributed by atoms with Gasteiger partial charge >= 0.3 is 0 Å². The maximum absolute atomic E-state index is 12.7. The molecule has 7 heteroatoms. The molecule has 2 heterocycles. The fraction of sp³-hybridized carbons (Fsp3) is 0.517. The summed E-state index contributed by atoms with van der Waals surface area (Å²) in [5.41, 5.74) is 9.99. The molecule has 3 fully saturated rings. The predicted octanol–water partition coefficient (Wildman–Crippen LogP) is 2.69. The van der Waals surface area contributed by atoms with Crippen LogP contribution in [0.4, 0.5) is 0 Å². The van der Waals surface area contributed by atoms with E-state index >= 15 is 0 Å². The number of carbonyl (C=O) groups is 1. The molecule has 0 radical (unpaired) electrons. The molecular formula is C29H37N5O2. The van der Waals surface area contributed by atoms with Gasteiger partial charge in [-0.2, -0.15) is 5.26 Å². The van der Waals surface area contributed by atoms with E-state index in [2.05, 4.69) is 57.6 Å². The first-order valence-electron chi connectivity index (χ1n) is 13.2. The van der Waals surface area contributed by atoms with Crippen LogP contribution >= 0.6 is 0 Å². The summed E-state index contributed by atoms with van der Waals surface area (Å²) >= 11 is 0. The third kappa shape index (κ3) is 6.13. The van der Waals surface area contributed by atoms with E-state index in [1.165, 1.54) is 37.1 Å². The molecule has 0 bridgehead atoms. The van der Waals surface area contributed by atoms with Gasteiger partial charge < -0.3 is 15.8 Å². The minimum atomic E-state index is -0.950. The molecule has 190 valence electrons. The van der Waals surface area contributed by atoms with Crippen molar-refractivity contribution in [2.24, 2.45) is 5.73 Å². The minimum Gasteiger partial charge on any atom is -0.381 e. The van der Waals surface area contributed by atoms with Crippen LogP contribution in [0.25, 0.3) is 11.1 Å². The Balaban J connectivity index is 1.13. The van der Waals surface area contributed by atoms with Crippen LogP contribution in [0.3, 0.4) is 0 Å². The van der Waals surface area contributed by atoms with Crippen molar-refractivity contribution in [3.8, 4) is 17.2 Å². The Morgan fingerprint density at radius 3 is 2.14 bits per heavy atom. The van der Waals surface area contributed by atoms with Crippen molar-refractivity contribution in [1.29, 1.82) is 5.26 Å². The Labute approximate surface area is 214 Å². The lowest BCUT2D eigenvalue weighted by Gasteiger charge is -2.34. The number of piperazine rings is 1. The molecule has 0 spiro atoms. The van der Waals surface area contributed by atoms with E-state index < -0.39 is 11.6 Å². The van der Waals surface area contributed by atoms with Crippen LogP contribution in [-0.4, -0.2) is 72.7 Å². The van der Waals surface area contributed by atoms with Gasteiger partial charge in [-0.15, -0.1) is 0 Å². The highest BCUT2D eigenvalue weighted by Crippen LogP contribution is 2.28. The first kappa shape index (κ1) is 24.9. The molecule has 2 aliphatic heterocycles. The van der Waals surface area contributed by atoms with Gasteiger partial charge in [0.15, 0.2) is 0 Å². The van der Waals surface area contributed by atoms with E-state index in [1.807, 2.05) is 12.1 Å². The summed E-state index contributed by atoms with van der Waals surface area (Å²) in [6.07, 6.45) is 4.18. The molecule has 1 atom stereocenters. The molecule has 0 unspecified atom stereocenters. The van der Waals surface area contributed by atoms with Crippen LogP contribution in [0.1, 0.15) is 36.8 Å². The highest BCUT2D eigenvalue weighted by Gasteiger charge is 2.37. The van der Waals surface area contributed by atoms with Gasteiger partial charge in [0.1, 0.15) is 6.04 Å². The van der Waals surface area contributed by atoms with Crippen LogP contribution in [0.15, 0.2) is 48.5 Å². The Kier molecular flexibility index (Phi) is 7.68. The zero-order valence-electron chi connectivity index (χ0n) is 21.0. The molecule has 1 amide bonds. The Morgan fingerprint density at radius 1 is 1.00 bits per heavy atom. The fourth-order valence-corrected chi connectivity index (χ4v) is 5.25. The van der Waals surface area contributed by atoms with Gasteiger partial charge in [0.2, 0.25) is 5.91 Å². The second-order valence-corrected chi connectivity index (χ2v) is 10.6. The molecule has 7 nitrogen and oxygen atoms in total. The average molecular weight is 488 g/mol. The number of carbonyl (C=O) groups excluding carboxylic acids is 1. The second kappa shape index (κ2) is 11.1. The first-order valence-corrected chi connectivity index (χ1v) is 13.2. The lowest BCUT2D eigenvalue weighted by Crippen LogP contribution is -2.58. The van der Waals surface area contributed by atoms with Crippen molar-refractivity contribution < 1.29 is 9.53 Å². The number of amides is 1. The maximum Gasteiger partial charge on any atom is 0.241 e. The summed E-state index contributed by atoms with van der Waals surface area (Å²) in [5, 5.41) is 12.4. The largest absolute Gasteiger partial charge is 0.381 e. The topological polar surface area (TPSA) is 94.6 Å². The maximum atomic E-state index is 12.7. The first-order chi connectivity index (χ1) is 17.5. The van der Waals surface area contributed by atoms with Gasteiger partial charge in [-0.1, -0.05) is 48.5 Å². The Morgan fingerprint density at radius 2 is 1.58 bits per heavy atom. The van der Waals surface area contributed by atoms with Gasteiger partial charge in [-0.25, -0.2) is 0 Å². The lowest BCUT2D eigenvalue weighted by molar-refractivity contribution is -0.130. The normalized spacial score (nSPS) is 21.4. The molecule has 5 rings (SSSR count). The van der Waals surface area contributed by atoms with Crippen LogP contribution in [0, 0.1) is 11.3 Å². The summed E-state index contributed by atoms with van der Waals surface area (Å²) in [7, 11) is 0. The van der Waals surface area contributed by atoms with Crippen molar-refractivity contribution in [2.45, 2.75) is 56.3 Å². The van der Waals surface area contributed by atoms with Crippen molar-refractivity contribution >= 4 is 5.91 Å². The van der Waals surface area contributed by atoms with Crippen LogP contribution in [0.2, 0.25) is 0 Å². The van der Waals surface area contributed by atoms with E-state index in [0.717, 1.165) is 36.8 Å². The highest BCUT2D eigenvalue weighted by molar-refractivity contribution is 5.86. The van der Waals surface area contributed by atoms with Crippen LogP contribution in [-0.2, 0) is 22.5 Å². The molecule has 2 aromatic carbocycles. The van der Waals surface area contributed by atoms with Gasteiger partial charge in [-0.05, 0) is 47.9 Å². The van der Waals surface area contributed by atoms with E-state index in [-0.39, 0.29) is 5.91 Å². The predicted molar refractivity (Wildman–Crippen MR) is 140 cm³/mol. The number of nitrogens with one attached hydrogen (secondary N) is 1. The Hall–Kier alpha value is -2.76. The van der Waals surface area contributed by atoms with E-state index in [9.17, 15) is 10.1 Å². The monoisotopic (exact) mass is 487 g/mol. The molecule has 36 heavy (non-hydrogen) atoms. The van der Waals surface area contributed by atoms with Gasteiger partial charge in [0.25, 0.3) is 0 Å². The molecule has 2 saturated heterocycles. The number of nitrogens with zero attached hydrogens (tertiary/aromatic N) is 3. The van der Waals surface area contributed by atoms with Crippen molar-refractivity contribution in [2.75, 3.05) is 39.4 Å². The Bertz CT molecular complexity index is 1060. The molecule has 3 aliphatic rings. The number of benzene rings is 2. The van der Waals surface area contributed by atoms with Crippen molar-refractivity contribution in [3.63, 3.8) is 0 Å². The zero-order chi connectivity index (χ0) is 25.0. The van der Waals surface area contributed by atoms with Crippen LogP contribution < -0.4 is 11.1 Å². The van der Waals surface area contributed by atoms with E-state index in [1.54, 1.807) is 0 Å². The quantitative estimate of drug-likeness (QED) is 0.595. The fourth-order valence-electron chi connectivity index (χ4n) is 5.25. The lowest BCUT2D eigenvalue weighted by atomic mass is 9.90.